The summed E-state index contributed by atoms with van der Waals surface area (Å²) in [6.45, 7) is 7.75. The predicted molar refractivity (Wildman–Crippen MR) is 103 cm³/mol. The van der Waals surface area contributed by atoms with Crippen molar-refractivity contribution in [3.63, 3.8) is 0 Å². The Kier molecular flexibility index (Phi) is 4.93. The van der Waals surface area contributed by atoms with Crippen molar-refractivity contribution in [3.8, 4) is 5.69 Å². The van der Waals surface area contributed by atoms with Crippen LogP contribution in [0.3, 0.4) is 0 Å². The lowest BCUT2D eigenvalue weighted by molar-refractivity contribution is -0.122. The fourth-order valence-electron chi connectivity index (χ4n) is 3.13. The molecule has 0 fully saturated rings. The van der Waals surface area contributed by atoms with E-state index < -0.39 is 0 Å². The maximum Gasteiger partial charge on any atom is 0.252 e. The molecule has 2 heterocycles. The average molecular weight is 352 g/mol. The number of rotatable bonds is 5. The van der Waals surface area contributed by atoms with E-state index in [4.69, 9.17) is 0 Å². The zero-order chi connectivity index (χ0) is 18.8. The molecule has 1 aromatic carbocycles. The Morgan fingerprint density at radius 3 is 2.58 bits per heavy atom. The molecule has 0 bridgehead atoms. The zero-order valence-corrected chi connectivity index (χ0v) is 15.6. The molecule has 26 heavy (non-hydrogen) atoms. The Labute approximate surface area is 152 Å². The largest absolute Gasteiger partial charge is 0.352 e. The number of benzene rings is 1. The van der Waals surface area contributed by atoms with Gasteiger partial charge in [-0.25, -0.2) is 4.68 Å². The van der Waals surface area contributed by atoms with Gasteiger partial charge >= 0.3 is 0 Å². The average Bonchev–Trinajstić information content (AvgIpc) is 2.97. The SMILES string of the molecule is CCC(C)NC(=O)Cn1c(=O)cc(C)c2c(C)nn(-c3ccccc3)c21. The van der Waals surface area contributed by atoms with Gasteiger partial charge in [0.05, 0.1) is 11.4 Å². The summed E-state index contributed by atoms with van der Waals surface area (Å²) in [5.41, 5.74) is 3.00. The molecule has 6 nitrogen and oxygen atoms in total. The molecule has 0 spiro atoms. The molecule has 1 amide bonds. The Balaban J connectivity index is 2.19. The van der Waals surface area contributed by atoms with Crippen LogP contribution in [0.15, 0.2) is 41.2 Å². The van der Waals surface area contributed by atoms with Crippen LogP contribution >= 0.6 is 0 Å². The lowest BCUT2D eigenvalue weighted by Gasteiger charge is -2.15. The van der Waals surface area contributed by atoms with Gasteiger partial charge in [0, 0.05) is 17.5 Å². The van der Waals surface area contributed by atoms with Crippen LogP contribution in [0, 0.1) is 13.8 Å². The minimum atomic E-state index is -0.202. The third kappa shape index (κ3) is 3.27. The van der Waals surface area contributed by atoms with Gasteiger partial charge in [-0.3, -0.25) is 14.2 Å². The van der Waals surface area contributed by atoms with Crippen molar-refractivity contribution in [1.29, 1.82) is 0 Å². The number of nitrogens with zero attached hydrogens (tertiary/aromatic N) is 3. The van der Waals surface area contributed by atoms with Crippen molar-refractivity contribution in [2.24, 2.45) is 0 Å². The van der Waals surface area contributed by atoms with Crippen molar-refractivity contribution in [1.82, 2.24) is 19.7 Å². The summed E-state index contributed by atoms with van der Waals surface area (Å²) in [7, 11) is 0. The second kappa shape index (κ2) is 7.15. The van der Waals surface area contributed by atoms with Gasteiger partial charge in [-0.2, -0.15) is 5.10 Å². The maximum atomic E-state index is 12.7. The highest BCUT2D eigenvalue weighted by Gasteiger charge is 2.18. The molecule has 0 aliphatic heterocycles. The Bertz CT molecular complexity index is 1000. The number of carbonyl (C=O) groups excluding carboxylic acids is 1. The lowest BCUT2D eigenvalue weighted by Crippen LogP contribution is -2.37. The summed E-state index contributed by atoms with van der Waals surface area (Å²) in [5, 5.41) is 8.46. The molecule has 136 valence electrons. The highest BCUT2D eigenvalue weighted by molar-refractivity contribution is 5.85. The van der Waals surface area contributed by atoms with Crippen LogP contribution in [-0.4, -0.2) is 26.3 Å². The molecular formula is C20H24N4O2. The fourth-order valence-corrected chi connectivity index (χ4v) is 3.13. The number of amides is 1. The highest BCUT2D eigenvalue weighted by Crippen LogP contribution is 2.23. The van der Waals surface area contributed by atoms with Crippen molar-refractivity contribution in [2.75, 3.05) is 0 Å². The highest BCUT2D eigenvalue weighted by atomic mass is 16.2. The van der Waals surface area contributed by atoms with Gasteiger partial charge in [0.25, 0.3) is 5.56 Å². The van der Waals surface area contributed by atoms with Gasteiger partial charge in [-0.15, -0.1) is 0 Å². The molecule has 0 saturated carbocycles. The summed E-state index contributed by atoms with van der Waals surface area (Å²) >= 11 is 0. The monoisotopic (exact) mass is 352 g/mol. The second-order valence-electron chi connectivity index (χ2n) is 6.66. The zero-order valence-electron chi connectivity index (χ0n) is 15.6. The van der Waals surface area contributed by atoms with Crippen LogP contribution in [0.5, 0.6) is 0 Å². The van der Waals surface area contributed by atoms with Gasteiger partial charge in [-0.1, -0.05) is 25.1 Å². The normalized spacial score (nSPS) is 12.3. The number of aromatic nitrogens is 3. The molecule has 6 heteroatoms. The first-order chi connectivity index (χ1) is 12.4. The number of pyridine rings is 1. The first-order valence-corrected chi connectivity index (χ1v) is 8.87. The molecule has 1 unspecified atom stereocenters. The molecule has 3 rings (SSSR count). The van der Waals surface area contributed by atoms with Crippen LogP contribution in [0.25, 0.3) is 16.7 Å². The molecule has 0 radical (unpaired) electrons. The van der Waals surface area contributed by atoms with E-state index in [0.29, 0.717) is 5.65 Å². The second-order valence-corrected chi connectivity index (χ2v) is 6.66. The first-order valence-electron chi connectivity index (χ1n) is 8.87. The first kappa shape index (κ1) is 17.9. The molecule has 0 saturated heterocycles. The standard InChI is InChI=1S/C20H24N4O2/c1-5-14(3)21-17(25)12-23-18(26)11-13(2)19-15(4)22-24(20(19)23)16-9-7-6-8-10-16/h6-11,14H,5,12H2,1-4H3,(H,21,25). The van der Waals surface area contributed by atoms with Crippen LogP contribution in [0.1, 0.15) is 31.5 Å². The number of carbonyl (C=O) groups is 1. The molecule has 3 aromatic rings. The summed E-state index contributed by atoms with van der Waals surface area (Å²) < 4.78 is 3.25. The Morgan fingerprint density at radius 2 is 1.92 bits per heavy atom. The molecule has 1 atom stereocenters. The molecule has 0 aliphatic rings. The summed E-state index contributed by atoms with van der Waals surface area (Å²) in [6.07, 6.45) is 0.838. The molecule has 2 aromatic heterocycles. The van der Waals surface area contributed by atoms with Crippen LogP contribution in [-0.2, 0) is 11.3 Å². The quantitative estimate of drug-likeness (QED) is 0.768. The number of nitrogens with one attached hydrogen (secondary N) is 1. The summed E-state index contributed by atoms with van der Waals surface area (Å²) in [4.78, 5) is 25.1. The van der Waals surface area contributed by atoms with Crippen molar-refractivity contribution < 1.29 is 4.79 Å². The van der Waals surface area contributed by atoms with Gasteiger partial charge in [-0.05, 0) is 44.9 Å². The number of hydrogen-bond acceptors (Lipinski definition) is 3. The minimum Gasteiger partial charge on any atom is -0.352 e. The van der Waals surface area contributed by atoms with Crippen molar-refractivity contribution in [3.05, 3.63) is 58.0 Å². The fraction of sp³-hybridized carbons (Fsp3) is 0.350. The van der Waals surface area contributed by atoms with E-state index in [1.165, 1.54) is 4.57 Å². The van der Waals surface area contributed by atoms with Crippen molar-refractivity contribution in [2.45, 2.75) is 46.7 Å². The van der Waals surface area contributed by atoms with E-state index in [9.17, 15) is 9.59 Å². The van der Waals surface area contributed by atoms with Gasteiger partial charge < -0.3 is 5.32 Å². The third-order valence-corrected chi connectivity index (χ3v) is 4.61. The van der Waals surface area contributed by atoms with Crippen molar-refractivity contribution >= 4 is 16.9 Å². The molecular weight excluding hydrogens is 328 g/mol. The Hall–Kier alpha value is -2.89. The van der Waals surface area contributed by atoms with Gasteiger partial charge in [0.2, 0.25) is 5.91 Å². The van der Waals surface area contributed by atoms with E-state index in [1.54, 1.807) is 10.7 Å². The smallest absolute Gasteiger partial charge is 0.252 e. The maximum absolute atomic E-state index is 12.7. The molecule has 1 N–H and O–H groups in total. The number of fused-ring (bicyclic) bond motifs is 1. The summed E-state index contributed by atoms with van der Waals surface area (Å²) in [5.74, 6) is -0.176. The number of aryl methyl sites for hydroxylation is 2. The van der Waals surface area contributed by atoms with Gasteiger partial charge in [0.15, 0.2) is 0 Å². The lowest BCUT2D eigenvalue weighted by atomic mass is 10.1. The minimum absolute atomic E-state index is 0.0298. The van der Waals surface area contributed by atoms with E-state index in [2.05, 4.69) is 10.4 Å². The van der Waals surface area contributed by atoms with E-state index in [1.807, 2.05) is 58.0 Å². The van der Waals surface area contributed by atoms with Crippen LogP contribution in [0.4, 0.5) is 0 Å². The van der Waals surface area contributed by atoms with E-state index in [-0.39, 0.29) is 24.1 Å². The third-order valence-electron chi connectivity index (χ3n) is 4.61. The van der Waals surface area contributed by atoms with Crippen LogP contribution < -0.4 is 10.9 Å². The van der Waals surface area contributed by atoms with E-state index in [0.717, 1.165) is 28.8 Å². The van der Waals surface area contributed by atoms with Gasteiger partial charge in [0.1, 0.15) is 12.2 Å². The van der Waals surface area contributed by atoms with E-state index >= 15 is 0 Å². The molecule has 0 aliphatic carbocycles. The van der Waals surface area contributed by atoms with Crippen LogP contribution in [0.2, 0.25) is 0 Å². The number of hydrogen-bond donors (Lipinski definition) is 1. The topological polar surface area (TPSA) is 68.9 Å². The summed E-state index contributed by atoms with van der Waals surface area (Å²) in [6, 6.07) is 11.3. The predicted octanol–water partition coefficient (Wildman–Crippen LogP) is 2.72. The Morgan fingerprint density at radius 1 is 1.23 bits per heavy atom. The number of para-hydroxylation sites is 1.